The van der Waals surface area contributed by atoms with E-state index in [9.17, 15) is 14.0 Å². The molecule has 1 atom stereocenters. The van der Waals surface area contributed by atoms with Gasteiger partial charge in [-0.25, -0.2) is 14.2 Å². The van der Waals surface area contributed by atoms with Crippen molar-refractivity contribution in [3.8, 4) is 0 Å². The van der Waals surface area contributed by atoms with E-state index in [1.54, 1.807) is 0 Å². The number of primary amides is 1. The number of carbonyl (C=O) groups excluding carboxylic acids is 2. The zero-order valence-electron chi connectivity index (χ0n) is 8.13. The molecule has 1 aliphatic heterocycles. The van der Waals surface area contributed by atoms with Crippen LogP contribution in [0.4, 0.5) is 9.18 Å². The molecule has 0 radical (unpaired) electrons. The molecule has 0 aromatic carbocycles. The summed E-state index contributed by atoms with van der Waals surface area (Å²) in [6.07, 6.45) is 0. The number of hydrogen-bond donors (Lipinski definition) is 4. The monoisotopic (exact) mass is 217 g/mol. The van der Waals surface area contributed by atoms with Crippen LogP contribution in [0, 0.1) is 0 Å². The van der Waals surface area contributed by atoms with Crippen LogP contribution >= 0.6 is 0 Å². The largest absolute Gasteiger partial charge is 0.351 e. The Labute approximate surface area is 85.3 Å². The number of guanidine groups is 1. The van der Waals surface area contributed by atoms with Crippen molar-refractivity contribution < 1.29 is 14.0 Å². The van der Waals surface area contributed by atoms with Crippen LogP contribution in [-0.2, 0) is 4.79 Å². The number of hydrogen-bond acceptors (Lipinski definition) is 4. The van der Waals surface area contributed by atoms with Crippen molar-refractivity contribution in [2.24, 2.45) is 10.7 Å². The van der Waals surface area contributed by atoms with Crippen molar-refractivity contribution >= 4 is 17.9 Å². The van der Waals surface area contributed by atoms with Gasteiger partial charge in [0.2, 0.25) is 5.96 Å². The fraction of sp³-hybridized carbons (Fsp3) is 0.571. The summed E-state index contributed by atoms with van der Waals surface area (Å²) in [5, 5.41) is 6.89. The van der Waals surface area contributed by atoms with Gasteiger partial charge in [0.15, 0.2) is 0 Å². The maximum atomic E-state index is 12.7. The lowest BCUT2D eigenvalue weighted by molar-refractivity contribution is -0.126. The third-order valence-corrected chi connectivity index (χ3v) is 2.12. The maximum Gasteiger partial charge on any atom is 0.318 e. The highest BCUT2D eigenvalue weighted by Crippen LogP contribution is 2.09. The summed E-state index contributed by atoms with van der Waals surface area (Å²) < 4.78 is 12.7. The Bertz CT molecular complexity index is 313. The summed E-state index contributed by atoms with van der Waals surface area (Å²) in [6, 6.07) is -0.841. The van der Waals surface area contributed by atoms with Gasteiger partial charge in [-0.2, -0.15) is 0 Å². The number of amides is 3. The maximum absolute atomic E-state index is 12.7. The second-order valence-electron chi connectivity index (χ2n) is 3.07. The molecule has 1 rings (SSSR count). The highest BCUT2D eigenvalue weighted by atomic mass is 19.1. The van der Waals surface area contributed by atoms with Crippen LogP contribution in [0.15, 0.2) is 4.99 Å². The molecule has 0 spiro atoms. The van der Waals surface area contributed by atoms with Gasteiger partial charge in [-0.15, -0.1) is 0 Å². The van der Waals surface area contributed by atoms with Crippen molar-refractivity contribution in [3.63, 3.8) is 0 Å². The number of nitrogens with one attached hydrogen (secondary N) is 3. The zero-order chi connectivity index (χ0) is 11.5. The molecule has 0 aromatic heterocycles. The van der Waals surface area contributed by atoms with Crippen molar-refractivity contribution in [1.29, 1.82) is 0 Å². The normalized spacial score (nSPS) is 25.5. The molecule has 0 saturated heterocycles. The first-order valence-electron chi connectivity index (χ1n) is 4.21. The highest BCUT2D eigenvalue weighted by Gasteiger charge is 2.40. The number of nitrogens with zero attached hydrogens (tertiary/aromatic N) is 1. The van der Waals surface area contributed by atoms with Crippen molar-refractivity contribution in [2.45, 2.75) is 5.54 Å². The van der Waals surface area contributed by atoms with Gasteiger partial charge in [0.05, 0.1) is 6.54 Å². The molecule has 0 bridgehead atoms. The summed E-state index contributed by atoms with van der Waals surface area (Å²) in [6.45, 7) is -0.982. The van der Waals surface area contributed by atoms with Gasteiger partial charge in [-0.3, -0.25) is 15.4 Å². The van der Waals surface area contributed by atoms with Crippen LogP contribution in [0.1, 0.15) is 0 Å². The lowest BCUT2D eigenvalue weighted by Gasteiger charge is -2.31. The predicted octanol–water partition coefficient (Wildman–Crippen LogP) is -1.93. The Morgan fingerprint density at radius 1 is 1.80 bits per heavy atom. The molecule has 5 N–H and O–H groups in total. The number of urea groups is 1. The molecule has 3 amide bonds. The van der Waals surface area contributed by atoms with Gasteiger partial charge in [0, 0.05) is 0 Å². The summed E-state index contributed by atoms with van der Waals surface area (Å²) in [4.78, 5) is 25.7. The van der Waals surface area contributed by atoms with E-state index in [4.69, 9.17) is 5.73 Å². The van der Waals surface area contributed by atoms with Crippen molar-refractivity contribution in [2.75, 3.05) is 20.3 Å². The topological polar surface area (TPSA) is 109 Å². The molecule has 0 aromatic rings. The average Bonchev–Trinajstić information content (AvgIpc) is 2.18. The van der Waals surface area contributed by atoms with Crippen LogP contribution in [-0.4, -0.2) is 43.7 Å². The fourth-order valence-corrected chi connectivity index (χ4v) is 1.10. The molecule has 0 fully saturated rings. The van der Waals surface area contributed by atoms with E-state index in [1.807, 2.05) is 0 Å². The number of likely N-dealkylation sites (N-methyl/N-ethyl adjacent to an activating group) is 1. The number of nitrogens with two attached hydrogens (primary N) is 1. The summed E-state index contributed by atoms with van der Waals surface area (Å²) >= 11 is 0. The lowest BCUT2D eigenvalue weighted by atomic mass is 10.00. The van der Waals surface area contributed by atoms with Gasteiger partial charge in [-0.1, -0.05) is 0 Å². The van der Waals surface area contributed by atoms with E-state index in [0.717, 1.165) is 0 Å². The van der Waals surface area contributed by atoms with Crippen molar-refractivity contribution in [1.82, 2.24) is 16.0 Å². The second kappa shape index (κ2) is 4.22. The lowest BCUT2D eigenvalue weighted by Crippen LogP contribution is -2.65. The molecule has 84 valence electrons. The van der Waals surface area contributed by atoms with E-state index >= 15 is 0 Å². The molecule has 0 saturated carbocycles. The van der Waals surface area contributed by atoms with Crippen LogP contribution in [0.3, 0.4) is 0 Å². The Balaban J connectivity index is 2.78. The van der Waals surface area contributed by atoms with E-state index in [1.165, 1.54) is 7.05 Å². The minimum atomic E-state index is -1.36. The molecule has 1 heterocycles. The SMILES string of the molecule is CN[C@]1(CF)CN=C(NC(N)=O)NC1=O. The molecule has 7 nitrogen and oxygen atoms in total. The Hall–Kier alpha value is -1.70. The van der Waals surface area contributed by atoms with E-state index < -0.39 is 24.2 Å². The van der Waals surface area contributed by atoms with Gasteiger partial charge >= 0.3 is 6.03 Å². The number of aliphatic imine (C=N–C) groups is 1. The average molecular weight is 217 g/mol. The van der Waals surface area contributed by atoms with Gasteiger partial charge in [-0.05, 0) is 7.05 Å². The van der Waals surface area contributed by atoms with Gasteiger partial charge in [0.25, 0.3) is 5.91 Å². The van der Waals surface area contributed by atoms with E-state index in [2.05, 4.69) is 20.9 Å². The standard InChI is InChI=1S/C7H12FN5O2/c1-10-7(2-8)3-11-6(12-4(7)14)13-5(9)15/h10H,2-3H2,1H3,(H4,9,11,12,13,14,15)/t7-/m1/s1. The first kappa shape index (κ1) is 11.4. The molecule has 15 heavy (non-hydrogen) atoms. The van der Waals surface area contributed by atoms with Gasteiger partial charge < -0.3 is 11.1 Å². The Morgan fingerprint density at radius 3 is 2.87 bits per heavy atom. The summed E-state index contributed by atoms with van der Waals surface area (Å²) in [5.74, 6) is -0.655. The van der Waals surface area contributed by atoms with Crippen LogP contribution < -0.4 is 21.7 Å². The minimum Gasteiger partial charge on any atom is -0.351 e. The second-order valence-corrected chi connectivity index (χ2v) is 3.07. The summed E-state index contributed by atoms with van der Waals surface area (Å²) in [7, 11) is 1.46. The number of carbonyl (C=O) groups is 2. The first-order valence-corrected chi connectivity index (χ1v) is 4.21. The molecule has 8 heteroatoms. The van der Waals surface area contributed by atoms with E-state index in [-0.39, 0.29) is 12.5 Å². The van der Waals surface area contributed by atoms with Crippen LogP contribution in [0.25, 0.3) is 0 Å². The summed E-state index contributed by atoms with van der Waals surface area (Å²) in [5.41, 5.74) is 3.47. The molecular weight excluding hydrogens is 205 g/mol. The highest BCUT2D eigenvalue weighted by molar-refractivity contribution is 6.08. The third-order valence-electron chi connectivity index (χ3n) is 2.12. The molecule has 0 unspecified atom stereocenters. The van der Waals surface area contributed by atoms with Crippen molar-refractivity contribution in [3.05, 3.63) is 0 Å². The van der Waals surface area contributed by atoms with Crippen LogP contribution in [0.5, 0.6) is 0 Å². The number of halogens is 1. The fourth-order valence-electron chi connectivity index (χ4n) is 1.10. The third kappa shape index (κ3) is 2.21. The molecule has 0 aliphatic carbocycles. The minimum absolute atomic E-state index is 0.0631. The Morgan fingerprint density at radius 2 is 2.47 bits per heavy atom. The Kier molecular flexibility index (Phi) is 3.20. The predicted molar refractivity (Wildman–Crippen MR) is 50.9 cm³/mol. The quantitative estimate of drug-likeness (QED) is 0.432. The van der Waals surface area contributed by atoms with Crippen LogP contribution in [0.2, 0.25) is 0 Å². The smallest absolute Gasteiger partial charge is 0.318 e. The first-order chi connectivity index (χ1) is 7.04. The zero-order valence-corrected chi connectivity index (χ0v) is 8.13. The number of rotatable bonds is 2. The van der Waals surface area contributed by atoms with E-state index in [0.29, 0.717) is 0 Å². The number of alkyl halides is 1. The molecule has 1 aliphatic rings. The molecular formula is C7H12FN5O2. The van der Waals surface area contributed by atoms with Gasteiger partial charge in [0.1, 0.15) is 12.2 Å².